The van der Waals surface area contributed by atoms with Gasteiger partial charge in [-0.05, 0) is 54.5 Å². The van der Waals surface area contributed by atoms with E-state index in [9.17, 15) is 15.4 Å². The summed E-state index contributed by atoms with van der Waals surface area (Å²) in [6.07, 6.45) is 7.82. The lowest BCUT2D eigenvalue weighted by molar-refractivity contribution is -0.384. The van der Waals surface area contributed by atoms with Crippen molar-refractivity contribution in [3.05, 3.63) is 68.8 Å². The van der Waals surface area contributed by atoms with Crippen molar-refractivity contribution in [1.82, 2.24) is 0 Å². The molecule has 0 radical (unpaired) electrons. The molecule has 0 aromatic heterocycles. The molecule has 0 atom stereocenters. The smallest absolute Gasteiger partial charge is 0.258 e. The van der Waals surface area contributed by atoms with E-state index < -0.39 is 4.92 Å². The Bertz CT molecular complexity index is 745. The van der Waals surface area contributed by atoms with Crippen LogP contribution >= 0.6 is 0 Å². The van der Waals surface area contributed by atoms with E-state index in [-0.39, 0.29) is 11.1 Å². The van der Waals surface area contributed by atoms with Gasteiger partial charge in [0.1, 0.15) is 0 Å². The van der Waals surface area contributed by atoms with Gasteiger partial charge in [-0.25, -0.2) is 0 Å². The highest BCUT2D eigenvalue weighted by Crippen LogP contribution is 2.40. The Kier molecular flexibility index (Phi) is 4.80. The molecule has 1 aliphatic rings. The zero-order valence-corrected chi connectivity index (χ0v) is 13.7. The highest BCUT2D eigenvalue weighted by atomic mass is 16.6. The summed E-state index contributed by atoms with van der Waals surface area (Å²) >= 11 is 0. The number of hydrogen-bond acceptors (Lipinski definition) is 3. The summed E-state index contributed by atoms with van der Waals surface area (Å²) in [6, 6.07) is 8.52. The summed E-state index contributed by atoms with van der Waals surface area (Å²) in [4.78, 5) is 10.3. The van der Waals surface area contributed by atoms with Gasteiger partial charge in [-0.3, -0.25) is 10.1 Å². The van der Waals surface area contributed by atoms with Gasteiger partial charge in [0.05, 0.1) is 16.6 Å². The average molecular weight is 308 g/mol. The molecule has 0 fully saturated rings. The van der Waals surface area contributed by atoms with E-state index >= 15 is 0 Å². The van der Waals surface area contributed by atoms with E-state index in [1.807, 2.05) is 6.92 Å². The Balaban J connectivity index is 2.37. The van der Waals surface area contributed by atoms with Gasteiger partial charge in [0, 0.05) is 12.1 Å². The molecule has 4 heteroatoms. The summed E-state index contributed by atoms with van der Waals surface area (Å²) in [7, 11) is 0. The number of non-ortho nitro benzene ring substituents is 1. The molecule has 0 amide bonds. The maximum absolute atomic E-state index is 10.7. The zero-order chi connectivity index (χ0) is 17.0. The molecule has 4 nitrogen and oxygen atoms in total. The summed E-state index contributed by atoms with van der Waals surface area (Å²) in [5, 5.41) is 20.2. The van der Waals surface area contributed by atoms with Crippen LogP contribution < -0.4 is 0 Å². The predicted octanol–water partition coefficient (Wildman–Crippen LogP) is 5.19. The average Bonchev–Trinajstić information content (AvgIpc) is 2.51. The highest BCUT2D eigenvalue weighted by molar-refractivity contribution is 5.65. The van der Waals surface area contributed by atoms with Crippen LogP contribution in [-0.2, 0) is 0 Å². The molecule has 0 spiro atoms. The summed E-state index contributed by atoms with van der Waals surface area (Å²) in [5.74, 6) is 0. The van der Waals surface area contributed by atoms with Crippen molar-refractivity contribution in [2.75, 3.05) is 0 Å². The van der Waals surface area contributed by atoms with E-state index in [0.29, 0.717) is 5.57 Å². The summed E-state index contributed by atoms with van der Waals surface area (Å²) in [6.45, 7) is 6.41. The molecule has 1 aromatic carbocycles. The quantitative estimate of drug-likeness (QED) is 0.438. The number of allylic oxidation sites excluding steroid dienone is 5. The molecule has 0 bridgehead atoms. The van der Waals surface area contributed by atoms with Crippen molar-refractivity contribution < 1.29 is 4.92 Å². The third kappa shape index (κ3) is 4.17. The van der Waals surface area contributed by atoms with Crippen molar-refractivity contribution in [2.24, 2.45) is 5.41 Å². The van der Waals surface area contributed by atoms with E-state index in [1.54, 1.807) is 18.2 Å². The van der Waals surface area contributed by atoms with Crippen molar-refractivity contribution in [1.29, 1.82) is 5.26 Å². The minimum Gasteiger partial charge on any atom is -0.258 e. The Morgan fingerprint density at radius 3 is 2.48 bits per heavy atom. The molecular weight excluding hydrogens is 288 g/mol. The lowest BCUT2D eigenvalue weighted by atomic mass is 9.73. The van der Waals surface area contributed by atoms with E-state index in [0.717, 1.165) is 24.0 Å². The fourth-order valence-corrected chi connectivity index (χ4v) is 2.87. The van der Waals surface area contributed by atoms with Crippen LogP contribution in [0.5, 0.6) is 0 Å². The van der Waals surface area contributed by atoms with Crippen molar-refractivity contribution in [3.8, 4) is 6.07 Å². The van der Waals surface area contributed by atoms with Gasteiger partial charge in [-0.2, -0.15) is 5.26 Å². The molecular formula is C19H20N2O2. The number of hydrogen-bond donors (Lipinski definition) is 0. The highest BCUT2D eigenvalue weighted by Gasteiger charge is 2.26. The molecule has 0 aliphatic heterocycles. The number of benzene rings is 1. The van der Waals surface area contributed by atoms with Gasteiger partial charge in [0.15, 0.2) is 0 Å². The van der Waals surface area contributed by atoms with Crippen molar-refractivity contribution in [2.45, 2.75) is 33.6 Å². The maximum Gasteiger partial charge on any atom is 0.269 e. The van der Waals surface area contributed by atoms with E-state index in [1.165, 1.54) is 17.7 Å². The molecule has 2 rings (SSSR count). The lowest BCUT2D eigenvalue weighted by Gasteiger charge is -2.31. The zero-order valence-electron chi connectivity index (χ0n) is 13.7. The fraction of sp³-hybridized carbons (Fsp3) is 0.316. The van der Waals surface area contributed by atoms with Gasteiger partial charge in [0.2, 0.25) is 0 Å². The minimum absolute atomic E-state index is 0.0508. The first kappa shape index (κ1) is 16.7. The second-order valence-electron chi connectivity index (χ2n) is 6.57. The van der Waals surface area contributed by atoms with Crippen LogP contribution in [0.25, 0.3) is 6.08 Å². The summed E-state index contributed by atoms with van der Waals surface area (Å²) < 4.78 is 0. The van der Waals surface area contributed by atoms with Crippen molar-refractivity contribution >= 4 is 11.8 Å². The van der Waals surface area contributed by atoms with Crippen LogP contribution in [-0.4, -0.2) is 4.92 Å². The second kappa shape index (κ2) is 6.62. The van der Waals surface area contributed by atoms with Gasteiger partial charge >= 0.3 is 0 Å². The molecule has 0 heterocycles. The Morgan fingerprint density at radius 2 is 1.96 bits per heavy atom. The van der Waals surface area contributed by atoms with Gasteiger partial charge in [-0.15, -0.1) is 0 Å². The maximum atomic E-state index is 10.7. The number of nitriles is 1. The minimum atomic E-state index is -0.427. The molecule has 1 aromatic rings. The van der Waals surface area contributed by atoms with Crippen LogP contribution in [0.3, 0.4) is 0 Å². The Hall–Kier alpha value is -2.67. The first-order valence-corrected chi connectivity index (χ1v) is 7.57. The second-order valence-corrected chi connectivity index (χ2v) is 6.57. The first-order valence-electron chi connectivity index (χ1n) is 7.57. The number of nitro groups is 1. The van der Waals surface area contributed by atoms with Crippen LogP contribution in [0.15, 0.2) is 53.1 Å². The Morgan fingerprint density at radius 1 is 1.30 bits per heavy atom. The first-order chi connectivity index (χ1) is 10.8. The number of rotatable bonds is 3. The number of nitrogens with zero attached hydrogens (tertiary/aromatic N) is 2. The standard InChI is InChI=1S/C19H20N2O2/c1-4-14-9-16(12-19(2,3)11-14)17(13-20)10-15-5-7-18(8-6-15)21(22)23/h4-10H,11-12H2,1-3H3/b14-4-,17-10+. The third-order valence-electron chi connectivity index (χ3n) is 3.96. The van der Waals surface area contributed by atoms with Crippen LogP contribution in [0, 0.1) is 26.9 Å². The van der Waals surface area contributed by atoms with Crippen molar-refractivity contribution in [3.63, 3.8) is 0 Å². The molecule has 118 valence electrons. The molecule has 0 N–H and O–H groups in total. The molecule has 0 unspecified atom stereocenters. The van der Waals surface area contributed by atoms with Crippen LogP contribution in [0.1, 0.15) is 39.2 Å². The van der Waals surface area contributed by atoms with Gasteiger partial charge in [0.25, 0.3) is 5.69 Å². The normalized spacial score (nSPS) is 19.1. The fourth-order valence-electron chi connectivity index (χ4n) is 2.87. The number of nitro benzene ring substituents is 1. The summed E-state index contributed by atoms with van der Waals surface area (Å²) in [5.41, 5.74) is 3.84. The van der Waals surface area contributed by atoms with Gasteiger partial charge < -0.3 is 0 Å². The topological polar surface area (TPSA) is 66.9 Å². The lowest BCUT2D eigenvalue weighted by Crippen LogP contribution is -2.18. The van der Waals surface area contributed by atoms with E-state index in [2.05, 4.69) is 32.1 Å². The molecule has 1 aliphatic carbocycles. The largest absolute Gasteiger partial charge is 0.269 e. The third-order valence-corrected chi connectivity index (χ3v) is 3.96. The monoisotopic (exact) mass is 308 g/mol. The molecule has 0 saturated heterocycles. The predicted molar refractivity (Wildman–Crippen MR) is 91.5 cm³/mol. The van der Waals surface area contributed by atoms with Gasteiger partial charge in [-0.1, -0.05) is 31.6 Å². The van der Waals surface area contributed by atoms with E-state index in [4.69, 9.17) is 0 Å². The molecule has 0 saturated carbocycles. The van der Waals surface area contributed by atoms with Crippen LogP contribution in [0.4, 0.5) is 5.69 Å². The Labute approximate surface area is 136 Å². The van der Waals surface area contributed by atoms with Crippen LogP contribution in [0.2, 0.25) is 0 Å². The SMILES string of the molecule is C/C=C1C=C(/C(C#N)=C/c2ccc([N+](=O)[O-])cc2)CC(C)(C)C/1. The molecule has 23 heavy (non-hydrogen) atoms.